The van der Waals surface area contributed by atoms with Gasteiger partial charge in [-0.15, -0.1) is 0 Å². The van der Waals surface area contributed by atoms with Crippen molar-refractivity contribution in [1.82, 2.24) is 15.1 Å². The van der Waals surface area contributed by atoms with Gasteiger partial charge < -0.3 is 25.0 Å². The zero-order valence-electron chi connectivity index (χ0n) is 25.1. The molecule has 1 heterocycles. The molecular weight excluding hydrogens is 552 g/mol. The molecule has 0 atom stereocenters. The second-order valence-corrected chi connectivity index (χ2v) is 11.2. The second-order valence-electron chi connectivity index (χ2n) is 11.2. The van der Waals surface area contributed by atoms with E-state index < -0.39 is 6.09 Å². The van der Waals surface area contributed by atoms with Crippen molar-refractivity contribution in [1.29, 1.82) is 0 Å². The fraction of sp³-hybridized carbons (Fsp3) is 0.278. The average molecular weight is 593 g/mol. The maximum Gasteiger partial charge on any atom is 0.411 e. The van der Waals surface area contributed by atoms with Gasteiger partial charge in [0.05, 0.1) is 5.69 Å². The molecule has 228 valence electrons. The van der Waals surface area contributed by atoms with Gasteiger partial charge in [-0.1, -0.05) is 72.8 Å². The third kappa shape index (κ3) is 8.69. The number of rotatable bonds is 11. The molecule has 0 bridgehead atoms. The predicted octanol–water partition coefficient (Wildman–Crippen LogP) is 6.13. The third-order valence-corrected chi connectivity index (χ3v) is 7.95. The first-order chi connectivity index (χ1) is 21.4. The third-order valence-electron chi connectivity index (χ3n) is 7.95. The summed E-state index contributed by atoms with van der Waals surface area (Å²) >= 11 is 0. The van der Waals surface area contributed by atoms with Crippen LogP contribution in [-0.2, 0) is 17.8 Å². The van der Waals surface area contributed by atoms with Crippen LogP contribution in [0.3, 0.4) is 0 Å². The Morgan fingerprint density at radius 3 is 2.14 bits per heavy atom. The number of nitrogens with zero attached hydrogens (tertiary/aromatic N) is 2. The van der Waals surface area contributed by atoms with Crippen LogP contribution in [-0.4, -0.2) is 66.2 Å². The smallest absolute Gasteiger partial charge is 0.411 e. The van der Waals surface area contributed by atoms with Gasteiger partial charge >= 0.3 is 6.09 Å². The van der Waals surface area contributed by atoms with Gasteiger partial charge in [0.1, 0.15) is 11.9 Å². The first-order valence-corrected chi connectivity index (χ1v) is 15.1. The summed E-state index contributed by atoms with van der Waals surface area (Å²) < 4.78 is 5.76. The Labute approximate surface area is 259 Å². The molecule has 1 saturated heterocycles. The minimum atomic E-state index is -0.434. The highest BCUT2D eigenvalue weighted by molar-refractivity contribution is 5.94. The van der Waals surface area contributed by atoms with Crippen molar-refractivity contribution >= 4 is 17.7 Å². The number of carbonyl (C=O) groups excluding carboxylic acids is 2. The molecule has 0 aliphatic carbocycles. The van der Waals surface area contributed by atoms with Crippen molar-refractivity contribution in [3.8, 4) is 16.9 Å². The molecule has 8 heteroatoms. The van der Waals surface area contributed by atoms with Crippen LogP contribution in [0.15, 0.2) is 103 Å². The largest absolute Gasteiger partial charge is 0.508 e. The molecule has 2 amide bonds. The Morgan fingerprint density at radius 1 is 0.841 bits per heavy atom. The minimum absolute atomic E-state index is 0.000670. The summed E-state index contributed by atoms with van der Waals surface area (Å²) in [6, 6.07) is 32.5. The summed E-state index contributed by atoms with van der Waals surface area (Å²) in [6.07, 6.45) is 0.946. The Bertz CT molecular complexity index is 1500. The van der Waals surface area contributed by atoms with E-state index in [1.54, 1.807) is 17.0 Å². The molecule has 5 rings (SSSR count). The number of amides is 2. The van der Waals surface area contributed by atoms with Crippen LogP contribution in [0, 0.1) is 0 Å². The molecule has 4 aromatic rings. The normalized spacial score (nSPS) is 13.8. The summed E-state index contributed by atoms with van der Waals surface area (Å²) in [7, 11) is 1.84. The van der Waals surface area contributed by atoms with Crippen molar-refractivity contribution in [2.24, 2.45) is 0 Å². The molecule has 1 aliphatic heterocycles. The number of para-hydroxylation sites is 1. The number of benzene rings is 4. The lowest BCUT2D eigenvalue weighted by molar-refractivity contribution is 0.0540. The van der Waals surface area contributed by atoms with Crippen LogP contribution < -0.4 is 10.6 Å². The van der Waals surface area contributed by atoms with Crippen LogP contribution in [0.4, 0.5) is 10.5 Å². The molecule has 0 aromatic heterocycles. The number of anilines is 1. The Morgan fingerprint density at radius 2 is 1.45 bits per heavy atom. The lowest BCUT2D eigenvalue weighted by Crippen LogP contribution is -2.42. The van der Waals surface area contributed by atoms with E-state index >= 15 is 0 Å². The lowest BCUT2D eigenvalue weighted by atomic mass is 10.0. The summed E-state index contributed by atoms with van der Waals surface area (Å²) in [5.41, 5.74) is 5.58. The SMILES string of the molecule is CN(CCN1CCC(OC(=O)Nc2ccccc2-c2ccccc2)CC1)C(=O)c1ccc(CNCc2ccc(O)cc2)cc1. The van der Waals surface area contributed by atoms with E-state index in [-0.39, 0.29) is 17.8 Å². The second kappa shape index (κ2) is 15.2. The maximum atomic E-state index is 13.0. The van der Waals surface area contributed by atoms with E-state index in [0.717, 1.165) is 60.4 Å². The van der Waals surface area contributed by atoms with Crippen molar-refractivity contribution in [3.05, 3.63) is 120 Å². The number of hydrogen-bond acceptors (Lipinski definition) is 6. The van der Waals surface area contributed by atoms with E-state index in [1.165, 1.54) is 0 Å². The number of nitrogens with one attached hydrogen (secondary N) is 2. The molecule has 3 N–H and O–H groups in total. The quantitative estimate of drug-likeness (QED) is 0.194. The maximum absolute atomic E-state index is 13.0. The van der Waals surface area contributed by atoms with Crippen LogP contribution in [0.1, 0.15) is 34.3 Å². The highest BCUT2D eigenvalue weighted by atomic mass is 16.6. The first-order valence-electron chi connectivity index (χ1n) is 15.1. The highest BCUT2D eigenvalue weighted by Crippen LogP contribution is 2.28. The Hall–Kier alpha value is -4.66. The molecule has 1 aliphatic rings. The average Bonchev–Trinajstić information content (AvgIpc) is 3.06. The molecule has 0 saturated carbocycles. The number of aromatic hydroxyl groups is 1. The van der Waals surface area contributed by atoms with Gasteiger partial charge in [0.15, 0.2) is 0 Å². The predicted molar refractivity (Wildman–Crippen MR) is 173 cm³/mol. The highest BCUT2D eigenvalue weighted by Gasteiger charge is 2.23. The fourth-order valence-electron chi connectivity index (χ4n) is 5.35. The van der Waals surface area contributed by atoms with Gasteiger partial charge in [0.25, 0.3) is 5.91 Å². The van der Waals surface area contributed by atoms with E-state index in [0.29, 0.717) is 25.2 Å². The monoisotopic (exact) mass is 592 g/mol. The van der Waals surface area contributed by atoms with E-state index in [1.807, 2.05) is 98.0 Å². The van der Waals surface area contributed by atoms with Gasteiger partial charge in [-0.2, -0.15) is 0 Å². The van der Waals surface area contributed by atoms with Crippen molar-refractivity contribution < 1.29 is 19.4 Å². The van der Waals surface area contributed by atoms with Crippen LogP contribution in [0.25, 0.3) is 11.1 Å². The zero-order valence-corrected chi connectivity index (χ0v) is 25.1. The van der Waals surface area contributed by atoms with Gasteiger partial charge in [-0.3, -0.25) is 10.1 Å². The summed E-state index contributed by atoms with van der Waals surface area (Å²) in [5, 5.41) is 15.7. The number of hydrogen-bond donors (Lipinski definition) is 3. The fourth-order valence-corrected chi connectivity index (χ4v) is 5.35. The molecule has 8 nitrogen and oxygen atoms in total. The van der Waals surface area contributed by atoms with Crippen LogP contribution in [0.2, 0.25) is 0 Å². The van der Waals surface area contributed by atoms with E-state index in [4.69, 9.17) is 4.74 Å². The molecule has 0 spiro atoms. The van der Waals surface area contributed by atoms with Crippen molar-refractivity contribution in [2.75, 3.05) is 38.5 Å². The number of likely N-dealkylation sites (tertiary alicyclic amines) is 1. The number of ether oxygens (including phenoxy) is 1. The number of piperidine rings is 1. The number of phenolic OH excluding ortho intramolecular Hbond substituents is 1. The minimum Gasteiger partial charge on any atom is -0.508 e. The summed E-state index contributed by atoms with van der Waals surface area (Å²) in [6.45, 7) is 4.40. The summed E-state index contributed by atoms with van der Waals surface area (Å²) in [4.78, 5) is 29.8. The molecule has 0 radical (unpaired) electrons. The molecule has 44 heavy (non-hydrogen) atoms. The first kappa shape index (κ1) is 30.8. The zero-order chi connectivity index (χ0) is 30.7. The Kier molecular flexibility index (Phi) is 10.6. The Balaban J connectivity index is 1.01. The van der Waals surface area contributed by atoms with Gasteiger partial charge in [0, 0.05) is 57.4 Å². The van der Waals surface area contributed by atoms with E-state index in [2.05, 4.69) is 15.5 Å². The standard InChI is InChI=1S/C36H40N4O4/c1-39(35(42)30-15-11-27(12-16-30)25-37-26-28-13-17-31(41)18-14-28)23-24-40-21-19-32(20-22-40)44-36(43)38-34-10-6-5-9-33(34)29-7-3-2-4-8-29/h2-18,32,37,41H,19-26H2,1H3,(H,38,43). The molecule has 0 unspecified atom stereocenters. The van der Waals surface area contributed by atoms with Gasteiger partial charge in [-0.25, -0.2) is 4.79 Å². The number of phenols is 1. The van der Waals surface area contributed by atoms with Gasteiger partial charge in [-0.05, 0) is 59.9 Å². The van der Waals surface area contributed by atoms with Crippen molar-refractivity contribution in [3.63, 3.8) is 0 Å². The molecule has 1 fully saturated rings. The number of likely N-dealkylation sites (N-methyl/N-ethyl adjacent to an activating group) is 1. The topological polar surface area (TPSA) is 94.1 Å². The van der Waals surface area contributed by atoms with Crippen LogP contribution in [0.5, 0.6) is 5.75 Å². The lowest BCUT2D eigenvalue weighted by Gasteiger charge is -2.32. The van der Waals surface area contributed by atoms with Gasteiger partial charge in [0.2, 0.25) is 0 Å². The molecule has 4 aromatic carbocycles. The number of carbonyl (C=O) groups is 2. The van der Waals surface area contributed by atoms with Crippen molar-refractivity contribution in [2.45, 2.75) is 32.0 Å². The molecular formula is C36H40N4O4. The van der Waals surface area contributed by atoms with E-state index in [9.17, 15) is 14.7 Å². The summed E-state index contributed by atoms with van der Waals surface area (Å²) in [5.74, 6) is 0.260. The van der Waals surface area contributed by atoms with Crippen LogP contribution >= 0.6 is 0 Å².